The van der Waals surface area contributed by atoms with E-state index < -0.39 is 40.6 Å². The van der Waals surface area contributed by atoms with Crippen molar-refractivity contribution in [2.45, 2.75) is 18.3 Å². The summed E-state index contributed by atoms with van der Waals surface area (Å²) in [6.07, 6.45) is -6.30. The Morgan fingerprint density at radius 2 is 1.67 bits per heavy atom. The number of hydrogen-bond donors (Lipinski definition) is 6. The first-order valence-electron chi connectivity index (χ1n) is 4.23. The van der Waals surface area contributed by atoms with Crippen LogP contribution in [0.15, 0.2) is 0 Å². The van der Waals surface area contributed by atoms with Gasteiger partial charge >= 0.3 is 15.6 Å². The van der Waals surface area contributed by atoms with E-state index in [0.717, 1.165) is 0 Å². The molecule has 108 valence electrons. The lowest BCUT2D eigenvalue weighted by molar-refractivity contribution is -0.126. The molecule has 0 aromatic carbocycles. The fourth-order valence-electron chi connectivity index (χ4n) is 0.802. The van der Waals surface area contributed by atoms with E-state index in [2.05, 4.69) is 8.83 Å². The fraction of sp³-hybridized carbons (Fsp3) is 0.800. The molecule has 0 saturated carbocycles. The summed E-state index contributed by atoms with van der Waals surface area (Å²) < 4.78 is 28.6. The maximum atomic E-state index is 11.0. The van der Waals surface area contributed by atoms with E-state index in [1.54, 1.807) is 0 Å². The second-order valence-corrected chi connectivity index (χ2v) is 5.77. The number of phosphoric ester groups is 1. The van der Waals surface area contributed by atoms with Gasteiger partial charge in [0, 0.05) is 0 Å². The lowest BCUT2D eigenvalue weighted by Crippen LogP contribution is -2.41. The van der Waals surface area contributed by atoms with Crippen LogP contribution >= 0.6 is 15.6 Å². The van der Waals surface area contributed by atoms with Gasteiger partial charge in [-0.1, -0.05) is 0 Å². The molecule has 1 unspecified atom stereocenters. The quantitative estimate of drug-likeness (QED) is 0.205. The van der Waals surface area contributed by atoms with Gasteiger partial charge in [-0.25, -0.2) is 9.13 Å². The summed E-state index contributed by atoms with van der Waals surface area (Å²) in [6, 6.07) is 0. The van der Waals surface area contributed by atoms with Crippen molar-refractivity contribution < 1.29 is 52.8 Å². The van der Waals surface area contributed by atoms with Crippen LogP contribution in [0.5, 0.6) is 0 Å². The third-order valence-electron chi connectivity index (χ3n) is 1.52. The minimum Gasteiger partial charge on any atom is -0.394 e. The zero-order valence-corrected chi connectivity index (χ0v) is 10.4. The normalized spacial score (nSPS) is 20.8. The van der Waals surface area contributed by atoms with Gasteiger partial charge in [0.2, 0.25) is 0 Å². The van der Waals surface area contributed by atoms with Crippen LogP contribution in [-0.2, 0) is 22.8 Å². The summed E-state index contributed by atoms with van der Waals surface area (Å²) in [4.78, 5) is 35.8. The number of aldehydes is 1. The van der Waals surface area contributed by atoms with Crippen LogP contribution in [0.4, 0.5) is 0 Å². The summed E-state index contributed by atoms with van der Waals surface area (Å²) in [7, 11) is -10.7. The number of aliphatic hydroxyl groups excluding tert-OH is 3. The molecule has 0 heterocycles. The number of phosphoric acid groups is 2. The van der Waals surface area contributed by atoms with Crippen LogP contribution in [0.2, 0.25) is 0 Å². The molecule has 0 radical (unpaired) electrons. The van der Waals surface area contributed by atoms with E-state index >= 15 is 0 Å². The van der Waals surface area contributed by atoms with Crippen molar-refractivity contribution in [3.05, 3.63) is 0 Å². The van der Waals surface area contributed by atoms with E-state index in [-0.39, 0.29) is 6.29 Å². The third kappa shape index (κ3) is 6.66. The SMILES string of the molecule is O=C[C@H](OP(=O)(O)OP(=O)(O)O)[C@@H](O)[C@@H](O)CO. The first-order valence-corrected chi connectivity index (χ1v) is 7.25. The zero-order chi connectivity index (χ0) is 14.6. The highest BCUT2D eigenvalue weighted by Crippen LogP contribution is 2.58. The van der Waals surface area contributed by atoms with Gasteiger partial charge < -0.3 is 34.8 Å². The van der Waals surface area contributed by atoms with E-state index in [1.807, 2.05) is 0 Å². The molecule has 13 heteroatoms. The summed E-state index contributed by atoms with van der Waals surface area (Å²) in [6.45, 7) is -0.982. The van der Waals surface area contributed by atoms with Gasteiger partial charge in [-0.2, -0.15) is 4.31 Å². The number of carbonyl (C=O) groups is 1. The van der Waals surface area contributed by atoms with Crippen LogP contribution in [0.3, 0.4) is 0 Å². The standard InChI is InChI=1S/C5H12O11P2/c6-1-3(8)5(9)4(2-7)15-18(13,14)16-17(10,11)12/h2-6,8-9H,1H2,(H,13,14)(H2,10,11,12)/t3-,4-,5-/m0/s1. The lowest BCUT2D eigenvalue weighted by Gasteiger charge is -2.23. The van der Waals surface area contributed by atoms with Gasteiger partial charge in [-0.3, -0.25) is 4.52 Å². The van der Waals surface area contributed by atoms with Crippen LogP contribution in [0.1, 0.15) is 0 Å². The van der Waals surface area contributed by atoms with E-state index in [1.165, 1.54) is 0 Å². The number of hydrogen-bond acceptors (Lipinski definition) is 8. The summed E-state index contributed by atoms with van der Waals surface area (Å²) in [5.41, 5.74) is 0. The Balaban J connectivity index is 4.77. The molecule has 0 amide bonds. The monoisotopic (exact) mass is 310 g/mol. The average molecular weight is 310 g/mol. The Labute approximate surface area is 100 Å². The average Bonchev–Trinajstić information content (AvgIpc) is 2.20. The van der Waals surface area contributed by atoms with Gasteiger partial charge in [0.15, 0.2) is 12.4 Å². The van der Waals surface area contributed by atoms with E-state index in [4.69, 9.17) is 24.9 Å². The van der Waals surface area contributed by atoms with Crippen molar-refractivity contribution in [3.63, 3.8) is 0 Å². The second kappa shape index (κ2) is 6.83. The third-order valence-corrected chi connectivity index (χ3v) is 3.70. The summed E-state index contributed by atoms with van der Waals surface area (Å²) in [5.74, 6) is 0. The van der Waals surface area contributed by atoms with Crippen molar-refractivity contribution in [2.75, 3.05) is 6.61 Å². The molecule has 0 aromatic heterocycles. The molecule has 0 aromatic rings. The van der Waals surface area contributed by atoms with Gasteiger partial charge in [-0.05, 0) is 0 Å². The number of rotatable bonds is 8. The van der Waals surface area contributed by atoms with Gasteiger partial charge in [0.1, 0.15) is 12.2 Å². The Bertz CT molecular complexity index is 362. The molecule has 6 N–H and O–H groups in total. The molecule has 0 aliphatic rings. The predicted molar refractivity (Wildman–Crippen MR) is 53.0 cm³/mol. The van der Waals surface area contributed by atoms with Gasteiger partial charge in [0.05, 0.1) is 6.61 Å². The van der Waals surface area contributed by atoms with Crippen LogP contribution < -0.4 is 0 Å². The minimum absolute atomic E-state index is 0.213. The molecule has 11 nitrogen and oxygen atoms in total. The van der Waals surface area contributed by atoms with E-state index in [9.17, 15) is 19.0 Å². The molecular formula is C5H12O11P2. The Hall–Kier alpha value is -0.190. The Morgan fingerprint density at radius 1 is 1.17 bits per heavy atom. The summed E-state index contributed by atoms with van der Waals surface area (Å²) in [5, 5.41) is 26.6. The van der Waals surface area contributed by atoms with Gasteiger partial charge in [-0.15, -0.1) is 0 Å². The van der Waals surface area contributed by atoms with Crippen molar-refractivity contribution in [3.8, 4) is 0 Å². The maximum absolute atomic E-state index is 11.0. The smallest absolute Gasteiger partial charge is 0.394 e. The van der Waals surface area contributed by atoms with Crippen LogP contribution in [0.25, 0.3) is 0 Å². The molecule has 0 saturated heterocycles. The summed E-state index contributed by atoms with van der Waals surface area (Å²) >= 11 is 0. The first kappa shape index (κ1) is 17.8. The molecule has 0 spiro atoms. The zero-order valence-electron chi connectivity index (χ0n) is 8.64. The molecule has 0 aliphatic carbocycles. The highest BCUT2D eigenvalue weighted by Gasteiger charge is 2.38. The van der Waals surface area contributed by atoms with Gasteiger partial charge in [0.25, 0.3) is 0 Å². The molecule has 18 heavy (non-hydrogen) atoms. The van der Waals surface area contributed by atoms with Crippen molar-refractivity contribution >= 4 is 21.9 Å². The molecule has 0 aliphatic heterocycles. The first-order chi connectivity index (χ1) is 8.02. The Kier molecular flexibility index (Phi) is 6.75. The predicted octanol–water partition coefficient (Wildman–Crippen LogP) is -2.51. The molecule has 0 fully saturated rings. The second-order valence-electron chi connectivity index (χ2n) is 2.99. The van der Waals surface area contributed by atoms with Crippen LogP contribution in [0, 0.1) is 0 Å². The van der Waals surface area contributed by atoms with Crippen LogP contribution in [-0.4, -0.2) is 61.2 Å². The van der Waals surface area contributed by atoms with Crippen molar-refractivity contribution in [2.24, 2.45) is 0 Å². The highest BCUT2D eigenvalue weighted by molar-refractivity contribution is 7.60. The number of carbonyl (C=O) groups excluding carboxylic acids is 1. The van der Waals surface area contributed by atoms with Crippen molar-refractivity contribution in [1.29, 1.82) is 0 Å². The minimum atomic E-state index is -5.36. The maximum Gasteiger partial charge on any atom is 0.481 e. The van der Waals surface area contributed by atoms with Crippen molar-refractivity contribution in [1.82, 2.24) is 0 Å². The molecule has 4 atom stereocenters. The molecule has 0 bridgehead atoms. The Morgan fingerprint density at radius 3 is 2.00 bits per heavy atom. The van der Waals surface area contributed by atoms with E-state index in [0.29, 0.717) is 0 Å². The highest BCUT2D eigenvalue weighted by atomic mass is 31.3. The molecular weight excluding hydrogens is 298 g/mol. The lowest BCUT2D eigenvalue weighted by atomic mass is 10.1. The molecule has 0 rings (SSSR count). The topological polar surface area (TPSA) is 191 Å². The largest absolute Gasteiger partial charge is 0.481 e. The number of aliphatic hydroxyl groups is 3. The fourth-order valence-corrected chi connectivity index (χ4v) is 2.51.